The molecule has 26 heavy (non-hydrogen) atoms. The lowest BCUT2D eigenvalue weighted by atomic mass is 10.3. The number of aryl methyl sites for hydroxylation is 1. The Balaban J connectivity index is 0.00000243. The lowest BCUT2D eigenvalue weighted by molar-refractivity contribution is 0.587. The Morgan fingerprint density at radius 3 is 2.88 bits per heavy atom. The molecule has 1 aromatic heterocycles. The molecule has 1 aliphatic heterocycles. The molecule has 2 N–H and O–H groups in total. The van der Waals surface area contributed by atoms with Crippen LogP contribution >= 0.6 is 39.9 Å². The fourth-order valence-electron chi connectivity index (χ4n) is 3.07. The van der Waals surface area contributed by atoms with Crippen LogP contribution in [0.25, 0.3) is 0 Å². The third-order valence-electron chi connectivity index (χ3n) is 4.34. The summed E-state index contributed by atoms with van der Waals surface area (Å²) in [4.78, 5) is 6.74. The van der Waals surface area contributed by atoms with Gasteiger partial charge < -0.3 is 15.5 Å². The van der Waals surface area contributed by atoms with Crippen molar-refractivity contribution in [2.75, 3.05) is 31.6 Å². The fraction of sp³-hybridized carbons (Fsp3) is 0.444. The highest BCUT2D eigenvalue weighted by atomic mass is 127. The molecule has 2 heterocycles. The van der Waals surface area contributed by atoms with E-state index in [2.05, 4.69) is 59.8 Å². The largest absolute Gasteiger partial charge is 0.368 e. The van der Waals surface area contributed by atoms with Crippen molar-refractivity contribution in [1.82, 2.24) is 20.4 Å². The third-order valence-corrected chi connectivity index (χ3v) is 5.01. The maximum atomic E-state index is 4.34. The molecule has 1 fully saturated rings. The summed E-state index contributed by atoms with van der Waals surface area (Å²) in [6.07, 6.45) is 5.02. The molecule has 0 aliphatic carbocycles. The molecule has 6 nitrogen and oxygen atoms in total. The molecule has 0 radical (unpaired) electrons. The van der Waals surface area contributed by atoms with E-state index >= 15 is 0 Å². The normalized spacial score (nSPS) is 17.1. The van der Waals surface area contributed by atoms with E-state index in [0.29, 0.717) is 6.04 Å². The van der Waals surface area contributed by atoms with E-state index in [1.807, 2.05) is 37.1 Å². The number of nitrogens with one attached hydrogen (secondary N) is 2. The number of rotatable bonds is 5. The summed E-state index contributed by atoms with van der Waals surface area (Å²) in [6, 6.07) is 8.77. The minimum atomic E-state index is 0. The Kier molecular flexibility index (Phi) is 8.20. The summed E-state index contributed by atoms with van der Waals surface area (Å²) in [6.45, 7) is 5.68. The number of guanidine groups is 1. The SMILES string of the molecule is CN=C(NCCn1cc(C)cn1)NC1CCN(c2ccccc2Br)C1.I. The molecule has 0 bridgehead atoms. The van der Waals surface area contributed by atoms with Crippen molar-refractivity contribution in [3.63, 3.8) is 0 Å². The van der Waals surface area contributed by atoms with Crippen molar-refractivity contribution in [2.24, 2.45) is 4.99 Å². The smallest absolute Gasteiger partial charge is 0.191 e. The maximum Gasteiger partial charge on any atom is 0.191 e. The van der Waals surface area contributed by atoms with Gasteiger partial charge in [-0.2, -0.15) is 5.10 Å². The fourth-order valence-corrected chi connectivity index (χ4v) is 3.61. The second-order valence-corrected chi connectivity index (χ2v) is 7.16. The molecular formula is C18H26BrIN6. The van der Waals surface area contributed by atoms with E-state index in [1.165, 1.54) is 11.3 Å². The topological polar surface area (TPSA) is 57.5 Å². The van der Waals surface area contributed by atoms with Gasteiger partial charge in [-0.15, -0.1) is 24.0 Å². The van der Waals surface area contributed by atoms with Crippen LogP contribution in [0.15, 0.2) is 46.1 Å². The average molecular weight is 533 g/mol. The van der Waals surface area contributed by atoms with Gasteiger partial charge in [-0.1, -0.05) is 12.1 Å². The Labute approximate surface area is 180 Å². The number of hydrogen-bond acceptors (Lipinski definition) is 3. The minimum Gasteiger partial charge on any atom is -0.368 e. The molecule has 0 saturated carbocycles. The number of benzene rings is 1. The molecule has 3 rings (SSSR count). The number of nitrogens with zero attached hydrogens (tertiary/aromatic N) is 4. The molecule has 0 amide bonds. The van der Waals surface area contributed by atoms with E-state index in [0.717, 1.165) is 43.0 Å². The molecular weight excluding hydrogens is 507 g/mol. The summed E-state index contributed by atoms with van der Waals surface area (Å²) >= 11 is 3.64. The summed E-state index contributed by atoms with van der Waals surface area (Å²) in [5.74, 6) is 0.850. The number of para-hydroxylation sites is 1. The monoisotopic (exact) mass is 532 g/mol. The van der Waals surface area contributed by atoms with Gasteiger partial charge in [0.1, 0.15) is 0 Å². The van der Waals surface area contributed by atoms with Crippen molar-refractivity contribution in [2.45, 2.75) is 25.9 Å². The van der Waals surface area contributed by atoms with Crippen LogP contribution in [0.4, 0.5) is 5.69 Å². The molecule has 1 atom stereocenters. The van der Waals surface area contributed by atoms with E-state index in [1.54, 1.807) is 0 Å². The van der Waals surface area contributed by atoms with Crippen LogP contribution in [-0.2, 0) is 6.54 Å². The van der Waals surface area contributed by atoms with Gasteiger partial charge in [0.25, 0.3) is 0 Å². The number of aliphatic imine (C=N–C) groups is 1. The molecule has 1 unspecified atom stereocenters. The highest BCUT2D eigenvalue weighted by Gasteiger charge is 2.24. The number of aromatic nitrogens is 2. The van der Waals surface area contributed by atoms with Crippen LogP contribution in [-0.4, -0.2) is 48.5 Å². The lowest BCUT2D eigenvalue weighted by Gasteiger charge is -2.21. The number of anilines is 1. The van der Waals surface area contributed by atoms with Crippen molar-refractivity contribution >= 4 is 51.6 Å². The maximum absolute atomic E-state index is 4.34. The van der Waals surface area contributed by atoms with Crippen LogP contribution < -0.4 is 15.5 Å². The van der Waals surface area contributed by atoms with Crippen LogP contribution in [0.5, 0.6) is 0 Å². The summed E-state index contributed by atoms with van der Waals surface area (Å²) in [5.41, 5.74) is 2.43. The van der Waals surface area contributed by atoms with E-state index in [-0.39, 0.29) is 24.0 Å². The zero-order valence-electron chi connectivity index (χ0n) is 15.2. The number of hydrogen-bond donors (Lipinski definition) is 2. The Hall–Kier alpha value is -1.29. The zero-order valence-corrected chi connectivity index (χ0v) is 19.1. The molecule has 1 aromatic carbocycles. The first-order valence-corrected chi connectivity index (χ1v) is 9.40. The second kappa shape index (κ2) is 10.1. The highest BCUT2D eigenvalue weighted by molar-refractivity contribution is 14.0. The van der Waals surface area contributed by atoms with Gasteiger partial charge >= 0.3 is 0 Å². The molecule has 0 spiro atoms. The van der Waals surface area contributed by atoms with Gasteiger partial charge in [0, 0.05) is 43.4 Å². The Bertz CT molecular complexity index is 732. The molecule has 1 saturated heterocycles. The third kappa shape index (κ3) is 5.60. The van der Waals surface area contributed by atoms with Crippen molar-refractivity contribution in [3.05, 3.63) is 46.7 Å². The summed E-state index contributed by atoms with van der Waals surface area (Å²) in [5, 5.41) is 11.2. The summed E-state index contributed by atoms with van der Waals surface area (Å²) < 4.78 is 3.09. The van der Waals surface area contributed by atoms with Gasteiger partial charge in [0.15, 0.2) is 5.96 Å². The van der Waals surface area contributed by atoms with E-state index in [4.69, 9.17) is 0 Å². The number of halogens is 2. The highest BCUT2D eigenvalue weighted by Crippen LogP contribution is 2.28. The molecule has 142 valence electrons. The lowest BCUT2D eigenvalue weighted by Crippen LogP contribution is -2.45. The summed E-state index contributed by atoms with van der Waals surface area (Å²) in [7, 11) is 1.81. The van der Waals surface area contributed by atoms with Gasteiger partial charge in [-0.3, -0.25) is 9.67 Å². The molecule has 1 aliphatic rings. The second-order valence-electron chi connectivity index (χ2n) is 6.31. The van der Waals surface area contributed by atoms with Crippen molar-refractivity contribution < 1.29 is 0 Å². The predicted molar refractivity (Wildman–Crippen MR) is 122 cm³/mol. The van der Waals surface area contributed by atoms with E-state index in [9.17, 15) is 0 Å². The first-order chi connectivity index (χ1) is 12.2. The van der Waals surface area contributed by atoms with Gasteiger partial charge in [-0.05, 0) is 47.0 Å². The first kappa shape index (κ1) is 21.0. The van der Waals surface area contributed by atoms with E-state index < -0.39 is 0 Å². The van der Waals surface area contributed by atoms with Gasteiger partial charge in [0.05, 0.1) is 18.4 Å². The van der Waals surface area contributed by atoms with Crippen LogP contribution in [0.2, 0.25) is 0 Å². The molecule has 8 heteroatoms. The van der Waals surface area contributed by atoms with Gasteiger partial charge in [-0.25, -0.2) is 0 Å². The predicted octanol–water partition coefficient (Wildman–Crippen LogP) is 3.02. The minimum absolute atomic E-state index is 0. The van der Waals surface area contributed by atoms with Crippen LogP contribution in [0.3, 0.4) is 0 Å². The Morgan fingerprint density at radius 1 is 1.38 bits per heavy atom. The zero-order chi connectivity index (χ0) is 17.6. The van der Waals surface area contributed by atoms with Crippen LogP contribution in [0, 0.1) is 6.92 Å². The van der Waals surface area contributed by atoms with Gasteiger partial charge in [0.2, 0.25) is 0 Å². The van der Waals surface area contributed by atoms with Crippen molar-refractivity contribution in [1.29, 1.82) is 0 Å². The first-order valence-electron chi connectivity index (χ1n) is 8.61. The van der Waals surface area contributed by atoms with Crippen molar-refractivity contribution in [3.8, 4) is 0 Å². The Morgan fingerprint density at radius 2 is 2.19 bits per heavy atom. The average Bonchev–Trinajstić information content (AvgIpc) is 3.23. The molecule has 2 aromatic rings. The quantitative estimate of drug-likeness (QED) is 0.353. The van der Waals surface area contributed by atoms with Crippen LogP contribution in [0.1, 0.15) is 12.0 Å². The standard InChI is InChI=1S/C18H25BrN6.HI/c1-14-11-22-25(12-14)10-8-21-18(20-2)23-15-7-9-24(13-15)17-6-4-3-5-16(17)19;/h3-6,11-12,15H,7-10,13H2,1-2H3,(H2,20,21,23);1H.